The Hall–Kier alpha value is -3.50. The van der Waals surface area contributed by atoms with E-state index in [2.05, 4.69) is 32.1 Å². The Balaban J connectivity index is 1.86. The van der Waals surface area contributed by atoms with Crippen LogP contribution in [0.4, 0.5) is 5.69 Å². The Kier molecular flexibility index (Phi) is 7.09. The van der Waals surface area contributed by atoms with E-state index in [1.165, 1.54) is 6.92 Å². The number of ether oxygens (including phenoxy) is 2. The summed E-state index contributed by atoms with van der Waals surface area (Å²) >= 11 is 0. The number of rotatable bonds is 7. The van der Waals surface area contributed by atoms with Gasteiger partial charge in [-0.3, -0.25) is 4.79 Å². The zero-order chi connectivity index (χ0) is 20.5. The third kappa shape index (κ3) is 5.99. The summed E-state index contributed by atoms with van der Waals surface area (Å²) in [4.78, 5) is 24.5. The summed E-state index contributed by atoms with van der Waals surface area (Å²) in [5.41, 5.74) is 2.98. The maximum absolute atomic E-state index is 11.2. The number of amides is 1. The number of nitrogens with zero attached hydrogens (tertiary/aromatic N) is 3. The molecule has 0 atom stereocenters. The molecule has 1 N–H and O–H groups in total. The van der Waals surface area contributed by atoms with Gasteiger partial charge in [-0.1, -0.05) is 12.0 Å². The minimum atomic E-state index is -0.135. The van der Waals surface area contributed by atoms with Gasteiger partial charge in [-0.25, -0.2) is 15.0 Å². The van der Waals surface area contributed by atoms with Crippen LogP contribution in [0, 0.1) is 11.8 Å². The third-order valence-corrected chi connectivity index (χ3v) is 3.79. The molecule has 3 rings (SSSR count). The second-order valence-corrected chi connectivity index (χ2v) is 6.13. The fourth-order valence-electron chi connectivity index (χ4n) is 2.54. The highest BCUT2D eigenvalue weighted by atomic mass is 16.5. The van der Waals surface area contributed by atoms with Crippen LogP contribution in [0.15, 0.2) is 42.6 Å². The number of hydrogen-bond acceptors (Lipinski definition) is 6. The van der Waals surface area contributed by atoms with Crippen molar-refractivity contribution in [1.82, 2.24) is 15.0 Å². The number of pyridine rings is 1. The lowest BCUT2D eigenvalue weighted by molar-refractivity contribution is -0.114. The van der Waals surface area contributed by atoms with Crippen LogP contribution >= 0.6 is 0 Å². The number of carbonyl (C=O) groups is 1. The lowest BCUT2D eigenvalue weighted by Crippen LogP contribution is -2.06. The number of fused-ring (bicyclic) bond motifs is 1. The number of anilines is 1. The molecule has 2 aromatic heterocycles. The van der Waals surface area contributed by atoms with E-state index < -0.39 is 0 Å². The first-order valence-electron chi connectivity index (χ1n) is 9.38. The molecule has 0 saturated heterocycles. The van der Waals surface area contributed by atoms with Gasteiger partial charge in [-0.05, 0) is 43.2 Å². The quantitative estimate of drug-likeness (QED) is 0.493. The lowest BCUT2D eigenvalue weighted by Gasteiger charge is -2.08. The fraction of sp³-hybridized carbons (Fsp3) is 0.273. The molecule has 148 valence electrons. The Morgan fingerprint density at radius 1 is 1.14 bits per heavy atom. The van der Waals surface area contributed by atoms with Gasteiger partial charge in [0.25, 0.3) is 0 Å². The van der Waals surface area contributed by atoms with Gasteiger partial charge in [0.15, 0.2) is 11.3 Å². The average molecular weight is 390 g/mol. The van der Waals surface area contributed by atoms with Gasteiger partial charge in [0.1, 0.15) is 5.52 Å². The summed E-state index contributed by atoms with van der Waals surface area (Å²) in [5, 5.41) is 2.74. The maximum Gasteiger partial charge on any atom is 0.249 e. The van der Waals surface area contributed by atoms with Gasteiger partial charge in [0.05, 0.1) is 6.61 Å². The van der Waals surface area contributed by atoms with Gasteiger partial charge in [-0.15, -0.1) is 0 Å². The highest BCUT2D eigenvalue weighted by molar-refractivity contribution is 5.88. The summed E-state index contributed by atoms with van der Waals surface area (Å²) < 4.78 is 11.1. The van der Waals surface area contributed by atoms with Crippen molar-refractivity contribution in [2.45, 2.75) is 20.3 Å². The van der Waals surface area contributed by atoms with Crippen molar-refractivity contribution in [3.05, 3.63) is 53.9 Å². The van der Waals surface area contributed by atoms with E-state index in [0.29, 0.717) is 48.2 Å². The summed E-state index contributed by atoms with van der Waals surface area (Å²) in [6.07, 6.45) is 2.40. The Morgan fingerprint density at radius 3 is 2.86 bits per heavy atom. The molecule has 7 nitrogen and oxygen atoms in total. The van der Waals surface area contributed by atoms with Crippen LogP contribution < -0.4 is 10.1 Å². The molecular weight excluding hydrogens is 368 g/mol. The fourth-order valence-corrected chi connectivity index (χ4v) is 2.54. The summed E-state index contributed by atoms with van der Waals surface area (Å²) in [6.45, 7) is 5.17. The lowest BCUT2D eigenvalue weighted by atomic mass is 10.2. The summed E-state index contributed by atoms with van der Waals surface area (Å²) in [7, 11) is 0. The predicted octanol–water partition coefficient (Wildman–Crippen LogP) is 3.19. The van der Waals surface area contributed by atoms with Crippen LogP contribution in [0.2, 0.25) is 0 Å². The molecular formula is C22H22N4O3. The standard InChI is InChI=1S/C22H22N4O3/c1-3-28-13-6-14-29-22-20(25-21-19(26-22)9-5-12-23-21)11-10-17-7-4-8-18(15-17)24-16(2)27/h4-5,7-9,12,15H,3,6,13-14H2,1-2H3,(H,24,27). The highest BCUT2D eigenvalue weighted by Gasteiger charge is 2.09. The molecule has 0 bridgehead atoms. The van der Waals surface area contributed by atoms with Crippen LogP contribution in [0.5, 0.6) is 5.88 Å². The van der Waals surface area contributed by atoms with Gasteiger partial charge in [0.2, 0.25) is 11.8 Å². The number of nitrogens with one attached hydrogen (secondary N) is 1. The molecule has 0 spiro atoms. The molecule has 29 heavy (non-hydrogen) atoms. The van der Waals surface area contributed by atoms with Gasteiger partial charge in [-0.2, -0.15) is 0 Å². The van der Waals surface area contributed by atoms with Crippen molar-refractivity contribution in [1.29, 1.82) is 0 Å². The molecule has 0 unspecified atom stereocenters. The number of carbonyl (C=O) groups excluding carboxylic acids is 1. The second-order valence-electron chi connectivity index (χ2n) is 6.13. The SMILES string of the molecule is CCOCCCOc1nc2cccnc2nc1C#Cc1cccc(NC(C)=O)c1. The Labute approximate surface area is 169 Å². The number of hydrogen-bond donors (Lipinski definition) is 1. The maximum atomic E-state index is 11.2. The molecule has 2 heterocycles. The zero-order valence-electron chi connectivity index (χ0n) is 16.4. The number of aromatic nitrogens is 3. The first-order valence-corrected chi connectivity index (χ1v) is 9.38. The monoisotopic (exact) mass is 390 g/mol. The van der Waals surface area contributed by atoms with Crippen LogP contribution in [0.3, 0.4) is 0 Å². The van der Waals surface area contributed by atoms with E-state index in [-0.39, 0.29) is 5.91 Å². The Morgan fingerprint density at radius 2 is 2.03 bits per heavy atom. The molecule has 0 aliphatic rings. The van der Waals surface area contributed by atoms with Crippen LogP contribution in [-0.4, -0.2) is 40.7 Å². The molecule has 1 amide bonds. The average Bonchev–Trinajstić information content (AvgIpc) is 2.71. The van der Waals surface area contributed by atoms with Crippen molar-refractivity contribution in [2.24, 2.45) is 0 Å². The first-order chi connectivity index (χ1) is 14.2. The molecule has 0 aliphatic heterocycles. The predicted molar refractivity (Wildman–Crippen MR) is 111 cm³/mol. The third-order valence-electron chi connectivity index (χ3n) is 3.79. The smallest absolute Gasteiger partial charge is 0.249 e. The first kappa shape index (κ1) is 20.2. The largest absolute Gasteiger partial charge is 0.476 e. The normalized spacial score (nSPS) is 10.3. The highest BCUT2D eigenvalue weighted by Crippen LogP contribution is 2.17. The summed E-state index contributed by atoms with van der Waals surface area (Å²) in [5.74, 6) is 6.31. The van der Waals surface area contributed by atoms with Crippen molar-refractivity contribution < 1.29 is 14.3 Å². The van der Waals surface area contributed by atoms with E-state index in [1.807, 2.05) is 25.1 Å². The topological polar surface area (TPSA) is 86.2 Å². The molecule has 1 aromatic carbocycles. The second kappa shape index (κ2) is 10.2. The van der Waals surface area contributed by atoms with E-state index in [0.717, 1.165) is 12.0 Å². The van der Waals surface area contributed by atoms with E-state index >= 15 is 0 Å². The molecule has 0 saturated carbocycles. The minimum Gasteiger partial charge on any atom is -0.476 e. The van der Waals surface area contributed by atoms with E-state index in [9.17, 15) is 4.79 Å². The van der Waals surface area contributed by atoms with Gasteiger partial charge in [0, 0.05) is 44.0 Å². The minimum absolute atomic E-state index is 0.135. The van der Waals surface area contributed by atoms with Crippen LogP contribution in [0.1, 0.15) is 31.5 Å². The Bertz CT molecular complexity index is 1060. The van der Waals surface area contributed by atoms with Gasteiger partial charge < -0.3 is 14.8 Å². The van der Waals surface area contributed by atoms with Crippen molar-refractivity contribution in [2.75, 3.05) is 25.1 Å². The molecule has 7 heteroatoms. The number of benzene rings is 1. The molecule has 0 aliphatic carbocycles. The van der Waals surface area contributed by atoms with E-state index in [1.54, 1.807) is 24.4 Å². The van der Waals surface area contributed by atoms with Crippen LogP contribution in [-0.2, 0) is 9.53 Å². The van der Waals surface area contributed by atoms with Gasteiger partial charge >= 0.3 is 0 Å². The molecule has 3 aromatic rings. The van der Waals surface area contributed by atoms with Crippen molar-refractivity contribution in [3.63, 3.8) is 0 Å². The zero-order valence-corrected chi connectivity index (χ0v) is 16.4. The molecule has 0 radical (unpaired) electrons. The van der Waals surface area contributed by atoms with E-state index in [4.69, 9.17) is 9.47 Å². The summed E-state index contributed by atoms with van der Waals surface area (Å²) in [6, 6.07) is 10.9. The molecule has 0 fully saturated rings. The van der Waals surface area contributed by atoms with Crippen LogP contribution in [0.25, 0.3) is 11.2 Å². The van der Waals surface area contributed by atoms with Crippen molar-refractivity contribution in [3.8, 4) is 17.7 Å². The van der Waals surface area contributed by atoms with Crippen molar-refractivity contribution >= 4 is 22.8 Å².